The number of carbonyl (C=O) groups excluding carboxylic acids is 4. The molecular weight excluding hydrogens is 588 g/mol. The highest BCUT2D eigenvalue weighted by Gasteiger charge is 2.35. The third-order valence-corrected chi connectivity index (χ3v) is 5.50. The first kappa shape index (κ1) is 26.9. The lowest BCUT2D eigenvalue weighted by atomic mass is 10.1. The normalized spacial score (nSPS) is 14.0. The van der Waals surface area contributed by atoms with Crippen LogP contribution in [0.5, 0.6) is 11.5 Å². The Kier molecular flexibility index (Phi) is 9.22. The number of para-hydroxylation sites is 1. The lowest BCUT2D eigenvalue weighted by Gasteiger charge is -2.14. The van der Waals surface area contributed by atoms with E-state index in [4.69, 9.17) is 14.2 Å². The molecule has 0 radical (unpaired) electrons. The molecule has 0 bridgehead atoms. The molecule has 0 aliphatic carbocycles. The summed E-state index contributed by atoms with van der Waals surface area (Å²) < 4.78 is 30.4. The molecule has 0 unspecified atom stereocenters. The van der Waals surface area contributed by atoms with Gasteiger partial charge in [0.15, 0.2) is 18.1 Å². The molecule has 4 amide bonds. The van der Waals surface area contributed by atoms with Crippen molar-refractivity contribution < 1.29 is 37.8 Å². The Bertz CT molecular complexity index is 1220. The molecule has 0 atom stereocenters. The predicted molar refractivity (Wildman–Crippen MR) is 136 cm³/mol. The lowest BCUT2D eigenvalue weighted by Crippen LogP contribution is -2.38. The predicted octanol–water partition coefficient (Wildman–Crippen LogP) is 3.30. The fourth-order valence-corrected chi connectivity index (χ4v) is 3.97. The maximum atomic E-state index is 13.8. The van der Waals surface area contributed by atoms with Gasteiger partial charge in [-0.3, -0.25) is 9.59 Å². The zero-order chi connectivity index (χ0) is 26.2. The summed E-state index contributed by atoms with van der Waals surface area (Å²) in [6.07, 6.45) is 1.43. The van der Waals surface area contributed by atoms with E-state index in [1.54, 1.807) is 26.0 Å². The van der Waals surface area contributed by atoms with Crippen LogP contribution in [0, 0.1) is 9.39 Å². The summed E-state index contributed by atoms with van der Waals surface area (Å²) in [5.74, 6) is -1.96. The summed E-state index contributed by atoms with van der Waals surface area (Å²) in [7, 11) is 0. The number of amides is 4. The first-order chi connectivity index (χ1) is 17.2. The molecule has 0 aromatic heterocycles. The second-order valence-electron chi connectivity index (χ2n) is 7.26. The van der Waals surface area contributed by atoms with E-state index in [1.807, 2.05) is 22.6 Å². The summed E-state index contributed by atoms with van der Waals surface area (Å²) in [4.78, 5) is 49.8. The van der Waals surface area contributed by atoms with Crippen LogP contribution in [-0.4, -0.2) is 55.1 Å². The highest BCUT2D eigenvalue weighted by atomic mass is 127. The van der Waals surface area contributed by atoms with E-state index in [0.29, 0.717) is 32.1 Å². The molecule has 10 nitrogen and oxygen atoms in total. The van der Waals surface area contributed by atoms with Gasteiger partial charge in [-0.05, 0) is 72.3 Å². The highest BCUT2D eigenvalue weighted by molar-refractivity contribution is 14.1. The quantitative estimate of drug-likeness (QED) is 0.183. The van der Waals surface area contributed by atoms with Gasteiger partial charge in [0, 0.05) is 0 Å². The summed E-state index contributed by atoms with van der Waals surface area (Å²) in [5, 5.41) is 4.77. The van der Waals surface area contributed by atoms with Crippen LogP contribution < -0.4 is 20.1 Å². The number of rotatable bonds is 10. The van der Waals surface area contributed by atoms with Crippen LogP contribution in [0.2, 0.25) is 0 Å². The first-order valence-corrected chi connectivity index (χ1v) is 11.9. The van der Waals surface area contributed by atoms with Gasteiger partial charge in [-0.2, -0.15) is 0 Å². The average molecular weight is 611 g/mol. The number of nitrogens with one attached hydrogen (secondary N) is 2. The van der Waals surface area contributed by atoms with Crippen LogP contribution in [0.1, 0.15) is 19.4 Å². The number of esters is 1. The van der Waals surface area contributed by atoms with Gasteiger partial charge >= 0.3 is 12.0 Å². The third-order valence-electron chi connectivity index (χ3n) is 4.69. The van der Waals surface area contributed by atoms with Crippen molar-refractivity contribution >= 4 is 58.2 Å². The number of carbonyl (C=O) groups is 4. The second-order valence-corrected chi connectivity index (χ2v) is 8.43. The number of anilines is 1. The van der Waals surface area contributed by atoms with Gasteiger partial charge in [-0.25, -0.2) is 18.9 Å². The Morgan fingerprint density at radius 3 is 2.58 bits per heavy atom. The maximum absolute atomic E-state index is 13.8. The average Bonchev–Trinajstić information content (AvgIpc) is 3.07. The van der Waals surface area contributed by atoms with Gasteiger partial charge in [0.2, 0.25) is 5.91 Å². The van der Waals surface area contributed by atoms with E-state index in [2.05, 4.69) is 10.6 Å². The second kappa shape index (κ2) is 12.3. The van der Waals surface area contributed by atoms with Gasteiger partial charge < -0.3 is 24.8 Å². The number of benzene rings is 2. The fourth-order valence-electron chi connectivity index (χ4n) is 3.19. The fraction of sp³-hybridized carbons (Fsp3) is 0.250. The molecule has 12 heteroatoms. The van der Waals surface area contributed by atoms with Crippen LogP contribution >= 0.6 is 22.6 Å². The molecule has 1 saturated heterocycles. The van der Waals surface area contributed by atoms with Crippen LogP contribution in [0.15, 0.2) is 42.1 Å². The Labute approximate surface area is 219 Å². The summed E-state index contributed by atoms with van der Waals surface area (Å²) in [6.45, 7) is 3.10. The Hall–Kier alpha value is -3.68. The Morgan fingerprint density at radius 2 is 1.89 bits per heavy atom. The number of imide groups is 1. The van der Waals surface area contributed by atoms with E-state index in [-0.39, 0.29) is 24.6 Å². The molecule has 0 spiro atoms. The molecule has 2 aromatic carbocycles. The van der Waals surface area contributed by atoms with Crippen LogP contribution in [-0.2, 0) is 19.1 Å². The maximum Gasteiger partial charge on any atom is 0.344 e. The smallest absolute Gasteiger partial charge is 0.344 e. The van der Waals surface area contributed by atoms with Crippen molar-refractivity contribution in [3.8, 4) is 11.5 Å². The van der Waals surface area contributed by atoms with Crippen LogP contribution in [0.25, 0.3) is 6.08 Å². The van der Waals surface area contributed by atoms with Crippen molar-refractivity contribution in [1.29, 1.82) is 0 Å². The minimum atomic E-state index is -0.788. The van der Waals surface area contributed by atoms with Crippen LogP contribution in [0.4, 0.5) is 14.9 Å². The molecule has 1 heterocycles. The summed E-state index contributed by atoms with van der Waals surface area (Å²) >= 11 is 2.00. The molecule has 1 aliphatic heterocycles. The zero-order valence-electron chi connectivity index (χ0n) is 19.4. The number of halogens is 2. The molecule has 190 valence electrons. The van der Waals surface area contributed by atoms with Gasteiger partial charge in [0.05, 0.1) is 22.5 Å². The molecular formula is C24H23FIN3O7. The van der Waals surface area contributed by atoms with Gasteiger partial charge in [-0.15, -0.1) is 0 Å². The van der Waals surface area contributed by atoms with Crippen molar-refractivity contribution in [2.45, 2.75) is 13.8 Å². The largest absolute Gasteiger partial charge is 0.490 e. The first-order valence-electron chi connectivity index (χ1n) is 10.9. The molecule has 1 aliphatic rings. The van der Waals surface area contributed by atoms with E-state index < -0.39 is 36.2 Å². The number of hydrogen-bond donors (Lipinski definition) is 2. The monoisotopic (exact) mass is 611 g/mol. The topological polar surface area (TPSA) is 123 Å². The number of urea groups is 1. The van der Waals surface area contributed by atoms with Gasteiger partial charge in [0.25, 0.3) is 5.91 Å². The molecule has 1 fully saturated rings. The van der Waals surface area contributed by atoms with Crippen LogP contribution in [0.3, 0.4) is 0 Å². The summed E-state index contributed by atoms with van der Waals surface area (Å²) in [5.41, 5.74) is 0.387. The minimum Gasteiger partial charge on any atom is -0.490 e. The standard InChI is InChI=1S/C24H23FIN3O7/c1-3-34-19-11-14(9-16(26)22(19)36-13-21(31)35-4-2)10-18-23(32)29(24(33)28-18)12-20(30)27-17-8-6-5-7-15(17)25/h5-11H,3-4,12-13H2,1-2H3,(H,27,30)(H,28,33)/b18-10+. The SMILES string of the molecule is CCOC(=O)COc1c(I)cc(/C=C2/NC(=O)N(CC(=O)Nc3ccccc3F)C2=O)cc1OCC. The van der Waals surface area contributed by atoms with E-state index >= 15 is 0 Å². The number of hydrogen-bond acceptors (Lipinski definition) is 7. The van der Waals surface area contributed by atoms with Crippen molar-refractivity contribution in [2.75, 3.05) is 31.7 Å². The molecule has 0 saturated carbocycles. The molecule has 36 heavy (non-hydrogen) atoms. The minimum absolute atomic E-state index is 0.0582. The van der Waals surface area contributed by atoms with Crippen molar-refractivity contribution in [3.63, 3.8) is 0 Å². The van der Waals surface area contributed by atoms with Crippen molar-refractivity contribution in [3.05, 3.63) is 57.0 Å². The van der Waals surface area contributed by atoms with Crippen molar-refractivity contribution in [2.24, 2.45) is 0 Å². The van der Waals surface area contributed by atoms with Gasteiger partial charge in [-0.1, -0.05) is 12.1 Å². The van der Waals surface area contributed by atoms with Gasteiger partial charge in [0.1, 0.15) is 18.1 Å². The lowest BCUT2D eigenvalue weighted by molar-refractivity contribution is -0.145. The number of nitrogens with zero attached hydrogens (tertiary/aromatic N) is 1. The summed E-state index contributed by atoms with van der Waals surface area (Å²) in [6, 6.07) is 8.02. The number of ether oxygens (including phenoxy) is 3. The van der Waals surface area contributed by atoms with E-state index in [0.717, 1.165) is 0 Å². The van der Waals surface area contributed by atoms with E-state index in [9.17, 15) is 23.6 Å². The van der Waals surface area contributed by atoms with Crippen molar-refractivity contribution in [1.82, 2.24) is 10.2 Å². The molecule has 3 rings (SSSR count). The highest BCUT2D eigenvalue weighted by Crippen LogP contribution is 2.35. The zero-order valence-corrected chi connectivity index (χ0v) is 21.6. The Balaban J connectivity index is 1.76. The molecule has 2 N–H and O–H groups in total. The van der Waals surface area contributed by atoms with E-state index in [1.165, 1.54) is 30.3 Å². The molecule has 2 aromatic rings. The third kappa shape index (κ3) is 6.71. The Morgan fingerprint density at radius 1 is 1.14 bits per heavy atom.